The number of benzene rings is 2. The minimum absolute atomic E-state index is 0.00500. The molecule has 0 aliphatic heterocycles. The summed E-state index contributed by atoms with van der Waals surface area (Å²) in [7, 11) is 0. The highest BCUT2D eigenvalue weighted by Crippen LogP contribution is 2.37. The molecule has 3 rings (SSSR count). The van der Waals surface area contributed by atoms with E-state index < -0.39 is 12.1 Å². The second-order valence-corrected chi connectivity index (χ2v) is 7.12. The number of nitrogens with zero attached hydrogens (tertiary/aromatic N) is 2. The van der Waals surface area contributed by atoms with Gasteiger partial charge in [-0.3, -0.25) is 0 Å². The third-order valence-corrected chi connectivity index (χ3v) is 4.85. The molecular formula is C22H21ClF3N3. The lowest BCUT2D eigenvalue weighted by Crippen LogP contribution is -2.19. The number of anilines is 2. The van der Waals surface area contributed by atoms with E-state index in [1.807, 2.05) is 25.1 Å². The molecule has 1 N–H and O–H groups in total. The molecule has 3 aromatic rings. The largest absolute Gasteiger partial charge is 0.395 e. The van der Waals surface area contributed by atoms with Crippen molar-refractivity contribution < 1.29 is 13.2 Å². The Morgan fingerprint density at radius 3 is 2.31 bits per heavy atom. The summed E-state index contributed by atoms with van der Waals surface area (Å²) in [6.45, 7) is 3.53. The maximum absolute atomic E-state index is 13.1. The Hall–Kier alpha value is -2.60. The van der Waals surface area contributed by atoms with Gasteiger partial charge in [0.2, 0.25) is 0 Å². The normalized spacial score (nSPS) is 12.6. The Bertz CT molecular complexity index is 972. The van der Waals surface area contributed by atoms with Crippen LogP contribution in [0.1, 0.15) is 37.4 Å². The van der Waals surface area contributed by atoms with Gasteiger partial charge in [0.05, 0.1) is 5.92 Å². The van der Waals surface area contributed by atoms with E-state index in [0.29, 0.717) is 28.8 Å². The molecule has 0 saturated carbocycles. The topological polar surface area (TPSA) is 37.8 Å². The molecule has 7 heteroatoms. The van der Waals surface area contributed by atoms with E-state index >= 15 is 0 Å². The highest BCUT2D eigenvalue weighted by molar-refractivity contribution is 6.30. The smallest absolute Gasteiger partial charge is 0.340 e. The lowest BCUT2D eigenvalue weighted by molar-refractivity contribution is -0.151. The second-order valence-electron chi connectivity index (χ2n) is 6.68. The van der Waals surface area contributed by atoms with Gasteiger partial charge in [-0.05, 0) is 42.7 Å². The van der Waals surface area contributed by atoms with Gasteiger partial charge in [-0.15, -0.1) is 0 Å². The summed E-state index contributed by atoms with van der Waals surface area (Å²) in [5, 5.41) is 3.75. The minimum Gasteiger partial charge on any atom is -0.340 e. The van der Waals surface area contributed by atoms with Crippen LogP contribution in [0.5, 0.6) is 0 Å². The highest BCUT2D eigenvalue weighted by atomic mass is 35.5. The predicted molar refractivity (Wildman–Crippen MR) is 111 cm³/mol. The zero-order valence-corrected chi connectivity index (χ0v) is 16.8. The van der Waals surface area contributed by atoms with Crippen LogP contribution in [0.3, 0.4) is 0 Å². The SMILES string of the molecule is CCc1cc(Nc2ccc(C(CC)C(F)(F)F)cc2)nc(-c2cccc(Cl)c2)n1. The Labute approximate surface area is 173 Å². The Morgan fingerprint density at radius 2 is 1.72 bits per heavy atom. The predicted octanol–water partition coefficient (Wildman–Crippen LogP) is 7.16. The molecule has 0 radical (unpaired) electrons. The van der Waals surface area contributed by atoms with Crippen LogP contribution in [0.25, 0.3) is 11.4 Å². The Kier molecular flexibility index (Phi) is 6.42. The lowest BCUT2D eigenvalue weighted by Gasteiger charge is -2.19. The molecule has 152 valence electrons. The Morgan fingerprint density at radius 1 is 1.00 bits per heavy atom. The first-order valence-corrected chi connectivity index (χ1v) is 9.75. The van der Waals surface area contributed by atoms with Crippen LogP contribution < -0.4 is 5.32 Å². The first-order valence-electron chi connectivity index (χ1n) is 9.37. The molecule has 0 fully saturated rings. The van der Waals surface area contributed by atoms with E-state index in [-0.39, 0.29) is 12.0 Å². The molecular weight excluding hydrogens is 399 g/mol. The van der Waals surface area contributed by atoms with Gasteiger partial charge >= 0.3 is 6.18 Å². The van der Waals surface area contributed by atoms with E-state index in [0.717, 1.165) is 11.3 Å². The van der Waals surface area contributed by atoms with Crippen molar-refractivity contribution in [2.24, 2.45) is 0 Å². The number of hydrogen-bond donors (Lipinski definition) is 1. The number of alkyl halides is 3. The molecule has 29 heavy (non-hydrogen) atoms. The van der Waals surface area contributed by atoms with Crippen LogP contribution in [0, 0.1) is 0 Å². The van der Waals surface area contributed by atoms with Crippen LogP contribution >= 0.6 is 11.6 Å². The number of halogens is 4. The third-order valence-electron chi connectivity index (χ3n) is 4.61. The van der Waals surface area contributed by atoms with Crippen molar-refractivity contribution in [3.8, 4) is 11.4 Å². The van der Waals surface area contributed by atoms with Gasteiger partial charge in [-0.25, -0.2) is 9.97 Å². The summed E-state index contributed by atoms with van der Waals surface area (Å²) < 4.78 is 39.4. The van der Waals surface area contributed by atoms with Gasteiger partial charge in [-0.1, -0.05) is 49.7 Å². The number of nitrogens with one attached hydrogen (secondary N) is 1. The molecule has 3 nitrogen and oxygen atoms in total. The molecule has 0 aliphatic carbocycles. The minimum atomic E-state index is -4.25. The van der Waals surface area contributed by atoms with E-state index in [4.69, 9.17) is 11.6 Å². The monoisotopic (exact) mass is 419 g/mol. The summed E-state index contributed by atoms with van der Waals surface area (Å²) in [5.41, 5.74) is 2.55. The zero-order chi connectivity index (χ0) is 21.0. The lowest BCUT2D eigenvalue weighted by atomic mass is 9.96. The molecule has 0 spiro atoms. The van der Waals surface area contributed by atoms with Crippen molar-refractivity contribution in [3.05, 3.63) is 70.9 Å². The zero-order valence-electron chi connectivity index (χ0n) is 16.1. The summed E-state index contributed by atoms with van der Waals surface area (Å²) >= 11 is 6.07. The molecule has 1 aromatic heterocycles. The molecule has 1 unspecified atom stereocenters. The fourth-order valence-electron chi connectivity index (χ4n) is 3.10. The van der Waals surface area contributed by atoms with Crippen molar-refractivity contribution in [1.29, 1.82) is 0 Å². The van der Waals surface area contributed by atoms with E-state index in [2.05, 4.69) is 15.3 Å². The van der Waals surface area contributed by atoms with Crippen LogP contribution in [-0.2, 0) is 6.42 Å². The van der Waals surface area contributed by atoms with Crippen molar-refractivity contribution >= 4 is 23.1 Å². The van der Waals surface area contributed by atoms with Gasteiger partial charge in [0.25, 0.3) is 0 Å². The number of aromatic nitrogens is 2. The number of rotatable bonds is 6. The van der Waals surface area contributed by atoms with Gasteiger partial charge in [0.15, 0.2) is 5.82 Å². The standard InChI is InChI=1S/C22H21ClF3N3/c1-3-17-13-20(29-21(28-17)15-6-5-7-16(23)12-15)27-18-10-8-14(9-11-18)19(4-2)22(24,25)26/h5-13,19H,3-4H2,1-2H3,(H,27,28,29). The van der Waals surface area contributed by atoms with Crippen molar-refractivity contribution in [2.75, 3.05) is 5.32 Å². The van der Waals surface area contributed by atoms with Crippen LogP contribution in [-0.4, -0.2) is 16.1 Å². The van der Waals surface area contributed by atoms with Crippen LogP contribution in [0.15, 0.2) is 54.6 Å². The van der Waals surface area contributed by atoms with Crippen molar-refractivity contribution in [1.82, 2.24) is 9.97 Å². The van der Waals surface area contributed by atoms with Crippen LogP contribution in [0.2, 0.25) is 5.02 Å². The molecule has 0 saturated heterocycles. The molecule has 0 bridgehead atoms. The number of aryl methyl sites for hydroxylation is 1. The van der Waals surface area contributed by atoms with Gasteiger partial charge in [0.1, 0.15) is 5.82 Å². The maximum Gasteiger partial charge on any atom is 0.395 e. The molecule has 1 atom stereocenters. The molecule has 2 aromatic carbocycles. The van der Waals surface area contributed by atoms with Gasteiger partial charge in [-0.2, -0.15) is 13.2 Å². The first kappa shape index (κ1) is 21.1. The fraction of sp³-hybridized carbons (Fsp3) is 0.273. The van der Waals surface area contributed by atoms with E-state index in [1.165, 1.54) is 19.1 Å². The average Bonchev–Trinajstić information content (AvgIpc) is 2.68. The summed E-state index contributed by atoms with van der Waals surface area (Å²) in [4.78, 5) is 9.09. The fourth-order valence-corrected chi connectivity index (χ4v) is 3.29. The molecule has 0 amide bonds. The quantitative estimate of drug-likeness (QED) is 0.460. The molecule has 1 heterocycles. The third kappa shape index (κ3) is 5.26. The van der Waals surface area contributed by atoms with Crippen LogP contribution in [0.4, 0.5) is 24.7 Å². The van der Waals surface area contributed by atoms with Gasteiger partial charge < -0.3 is 5.32 Å². The number of hydrogen-bond acceptors (Lipinski definition) is 3. The van der Waals surface area contributed by atoms with Crippen molar-refractivity contribution in [2.45, 2.75) is 38.8 Å². The van der Waals surface area contributed by atoms with Gasteiger partial charge in [0, 0.05) is 28.0 Å². The Balaban J connectivity index is 1.87. The van der Waals surface area contributed by atoms with Crippen molar-refractivity contribution in [3.63, 3.8) is 0 Å². The highest BCUT2D eigenvalue weighted by Gasteiger charge is 2.39. The summed E-state index contributed by atoms with van der Waals surface area (Å²) in [6.07, 6.45) is -3.53. The first-order chi connectivity index (χ1) is 13.8. The summed E-state index contributed by atoms with van der Waals surface area (Å²) in [5.74, 6) is -0.353. The second kappa shape index (κ2) is 8.82. The summed E-state index contributed by atoms with van der Waals surface area (Å²) in [6, 6.07) is 15.4. The van der Waals surface area contributed by atoms with E-state index in [9.17, 15) is 13.2 Å². The average molecular weight is 420 g/mol. The van der Waals surface area contributed by atoms with E-state index in [1.54, 1.807) is 24.3 Å². The maximum atomic E-state index is 13.1. The molecule has 0 aliphatic rings.